The number of carbonyl (C=O) groups excluding carboxylic acids is 1. The van der Waals surface area contributed by atoms with E-state index in [0.29, 0.717) is 5.82 Å². The summed E-state index contributed by atoms with van der Waals surface area (Å²) < 4.78 is 0. The second-order valence-corrected chi connectivity index (χ2v) is 3.73. The van der Waals surface area contributed by atoms with E-state index in [2.05, 4.69) is 15.6 Å². The first kappa shape index (κ1) is 12.9. The van der Waals surface area contributed by atoms with Crippen molar-refractivity contribution in [2.75, 3.05) is 18.4 Å². The minimum Gasteiger partial charge on any atom is -0.317 e. The van der Waals surface area contributed by atoms with Gasteiger partial charge in [-0.1, -0.05) is 6.07 Å². The van der Waals surface area contributed by atoms with Crippen LogP contribution in [0.2, 0.25) is 0 Å². The van der Waals surface area contributed by atoms with Crippen molar-refractivity contribution in [3.8, 4) is 0 Å². The van der Waals surface area contributed by atoms with Crippen LogP contribution in [0.5, 0.6) is 0 Å². The predicted molar refractivity (Wildman–Crippen MR) is 65.7 cm³/mol. The number of piperidine rings is 1. The SMILES string of the molecule is Cl.O=C(Nc1ccccn1)C1CCNCC1. The molecular weight excluding hydrogens is 226 g/mol. The van der Waals surface area contributed by atoms with Crippen LogP contribution in [0.25, 0.3) is 0 Å². The highest BCUT2D eigenvalue weighted by Gasteiger charge is 2.20. The third-order valence-corrected chi connectivity index (χ3v) is 2.63. The Labute approximate surface area is 101 Å². The zero-order chi connectivity index (χ0) is 10.5. The van der Waals surface area contributed by atoms with Crippen molar-refractivity contribution >= 4 is 24.1 Å². The van der Waals surface area contributed by atoms with Gasteiger partial charge in [0.05, 0.1) is 0 Å². The molecule has 2 rings (SSSR count). The molecule has 2 N–H and O–H groups in total. The maximum Gasteiger partial charge on any atom is 0.228 e. The van der Waals surface area contributed by atoms with E-state index in [-0.39, 0.29) is 24.2 Å². The van der Waals surface area contributed by atoms with Gasteiger partial charge in [0.1, 0.15) is 5.82 Å². The predicted octanol–water partition coefficient (Wildman–Crippen LogP) is 1.44. The molecule has 0 saturated carbocycles. The summed E-state index contributed by atoms with van der Waals surface area (Å²) in [5.41, 5.74) is 0. The molecule has 1 aliphatic rings. The van der Waals surface area contributed by atoms with E-state index in [1.54, 1.807) is 12.3 Å². The molecule has 5 heteroatoms. The zero-order valence-electron chi connectivity index (χ0n) is 8.98. The molecule has 0 aliphatic carbocycles. The van der Waals surface area contributed by atoms with E-state index >= 15 is 0 Å². The molecule has 16 heavy (non-hydrogen) atoms. The van der Waals surface area contributed by atoms with Gasteiger partial charge in [-0.05, 0) is 38.1 Å². The lowest BCUT2D eigenvalue weighted by atomic mass is 9.97. The van der Waals surface area contributed by atoms with E-state index in [4.69, 9.17) is 0 Å². The van der Waals surface area contributed by atoms with Crippen molar-refractivity contribution in [1.82, 2.24) is 10.3 Å². The van der Waals surface area contributed by atoms with Gasteiger partial charge in [0.25, 0.3) is 0 Å². The normalized spacial score (nSPS) is 16.2. The van der Waals surface area contributed by atoms with Gasteiger partial charge in [-0.2, -0.15) is 0 Å². The van der Waals surface area contributed by atoms with Gasteiger partial charge in [0.15, 0.2) is 0 Å². The fourth-order valence-electron chi connectivity index (χ4n) is 1.75. The Morgan fingerprint density at radius 1 is 1.38 bits per heavy atom. The molecular formula is C11H16ClN3O. The second kappa shape index (κ2) is 6.45. The standard InChI is InChI=1S/C11H15N3O.ClH/c15-11(9-4-7-12-8-5-9)14-10-3-1-2-6-13-10;/h1-3,6,9,12H,4-5,7-8H2,(H,13,14,15);1H. The molecule has 0 atom stereocenters. The van der Waals surface area contributed by atoms with Gasteiger partial charge in [-0.25, -0.2) is 4.98 Å². The summed E-state index contributed by atoms with van der Waals surface area (Å²) in [7, 11) is 0. The van der Waals surface area contributed by atoms with E-state index in [1.807, 2.05) is 12.1 Å². The summed E-state index contributed by atoms with van der Waals surface area (Å²) >= 11 is 0. The minimum absolute atomic E-state index is 0. The summed E-state index contributed by atoms with van der Waals surface area (Å²) in [6.07, 6.45) is 3.51. The molecule has 1 aromatic heterocycles. The Balaban J connectivity index is 0.00000128. The summed E-state index contributed by atoms with van der Waals surface area (Å²) in [5, 5.41) is 6.07. The first-order valence-electron chi connectivity index (χ1n) is 5.29. The number of nitrogens with zero attached hydrogens (tertiary/aromatic N) is 1. The van der Waals surface area contributed by atoms with Crippen molar-refractivity contribution in [3.63, 3.8) is 0 Å². The van der Waals surface area contributed by atoms with Crippen LogP contribution in [0.1, 0.15) is 12.8 Å². The molecule has 1 saturated heterocycles. The Morgan fingerprint density at radius 3 is 2.75 bits per heavy atom. The molecule has 0 spiro atoms. The number of halogens is 1. The lowest BCUT2D eigenvalue weighted by Crippen LogP contribution is -2.34. The fraction of sp³-hybridized carbons (Fsp3) is 0.455. The Morgan fingerprint density at radius 2 is 2.12 bits per heavy atom. The number of pyridine rings is 1. The van der Waals surface area contributed by atoms with Crippen LogP contribution in [0, 0.1) is 5.92 Å². The minimum atomic E-state index is 0. The number of nitrogens with one attached hydrogen (secondary N) is 2. The number of amides is 1. The zero-order valence-corrected chi connectivity index (χ0v) is 9.80. The van der Waals surface area contributed by atoms with E-state index < -0.39 is 0 Å². The maximum atomic E-state index is 11.8. The summed E-state index contributed by atoms with van der Waals surface area (Å²) in [5.74, 6) is 0.865. The van der Waals surface area contributed by atoms with E-state index in [9.17, 15) is 4.79 Å². The smallest absolute Gasteiger partial charge is 0.228 e. The summed E-state index contributed by atoms with van der Waals surface area (Å²) in [4.78, 5) is 15.9. The molecule has 1 amide bonds. The molecule has 2 heterocycles. The van der Waals surface area contributed by atoms with Crippen LogP contribution in [-0.2, 0) is 4.79 Å². The number of hydrogen-bond acceptors (Lipinski definition) is 3. The molecule has 1 aliphatic heterocycles. The van der Waals surface area contributed by atoms with Crippen LogP contribution in [-0.4, -0.2) is 24.0 Å². The number of aromatic nitrogens is 1. The van der Waals surface area contributed by atoms with Gasteiger partial charge in [0, 0.05) is 12.1 Å². The maximum absolute atomic E-state index is 11.8. The van der Waals surface area contributed by atoms with Gasteiger partial charge in [-0.15, -0.1) is 12.4 Å². The third kappa shape index (κ3) is 3.47. The fourth-order valence-corrected chi connectivity index (χ4v) is 1.75. The Hall–Kier alpha value is -1.13. The van der Waals surface area contributed by atoms with Crippen LogP contribution in [0.4, 0.5) is 5.82 Å². The van der Waals surface area contributed by atoms with Crippen LogP contribution in [0.15, 0.2) is 24.4 Å². The van der Waals surface area contributed by atoms with Crippen LogP contribution < -0.4 is 10.6 Å². The average Bonchev–Trinajstić information content (AvgIpc) is 2.31. The van der Waals surface area contributed by atoms with Crippen molar-refractivity contribution in [2.24, 2.45) is 5.92 Å². The van der Waals surface area contributed by atoms with Crippen molar-refractivity contribution in [1.29, 1.82) is 0 Å². The molecule has 0 aromatic carbocycles. The molecule has 1 aromatic rings. The van der Waals surface area contributed by atoms with Crippen LogP contribution >= 0.6 is 12.4 Å². The monoisotopic (exact) mass is 241 g/mol. The topological polar surface area (TPSA) is 54.0 Å². The molecule has 4 nitrogen and oxygen atoms in total. The van der Waals surface area contributed by atoms with Crippen LogP contribution in [0.3, 0.4) is 0 Å². The third-order valence-electron chi connectivity index (χ3n) is 2.63. The highest BCUT2D eigenvalue weighted by molar-refractivity contribution is 5.91. The van der Waals surface area contributed by atoms with Gasteiger partial charge in [-0.3, -0.25) is 4.79 Å². The van der Waals surface area contributed by atoms with Crippen molar-refractivity contribution in [3.05, 3.63) is 24.4 Å². The largest absolute Gasteiger partial charge is 0.317 e. The number of anilines is 1. The Kier molecular flexibility index (Phi) is 5.22. The molecule has 88 valence electrons. The first-order chi connectivity index (χ1) is 7.36. The van der Waals surface area contributed by atoms with Crippen molar-refractivity contribution < 1.29 is 4.79 Å². The highest BCUT2D eigenvalue weighted by atomic mass is 35.5. The van der Waals surface area contributed by atoms with Gasteiger partial charge in [0.2, 0.25) is 5.91 Å². The molecule has 0 bridgehead atoms. The van der Waals surface area contributed by atoms with Crippen molar-refractivity contribution in [2.45, 2.75) is 12.8 Å². The van der Waals surface area contributed by atoms with Gasteiger partial charge < -0.3 is 10.6 Å². The average molecular weight is 242 g/mol. The van der Waals surface area contributed by atoms with E-state index in [1.165, 1.54) is 0 Å². The summed E-state index contributed by atoms with van der Waals surface area (Å²) in [6, 6.07) is 5.50. The Bertz CT molecular complexity index is 325. The number of rotatable bonds is 2. The lowest BCUT2D eigenvalue weighted by Gasteiger charge is -2.21. The highest BCUT2D eigenvalue weighted by Crippen LogP contribution is 2.13. The molecule has 0 unspecified atom stereocenters. The van der Waals surface area contributed by atoms with Gasteiger partial charge >= 0.3 is 0 Å². The number of hydrogen-bond donors (Lipinski definition) is 2. The van der Waals surface area contributed by atoms with E-state index in [0.717, 1.165) is 25.9 Å². The molecule has 1 fully saturated rings. The lowest BCUT2D eigenvalue weighted by molar-refractivity contribution is -0.120. The quantitative estimate of drug-likeness (QED) is 0.824. The number of carbonyl (C=O) groups is 1. The summed E-state index contributed by atoms with van der Waals surface area (Å²) in [6.45, 7) is 1.86. The first-order valence-corrected chi connectivity index (χ1v) is 5.29. The second-order valence-electron chi connectivity index (χ2n) is 3.73. The molecule has 0 radical (unpaired) electrons.